The second-order valence-electron chi connectivity index (χ2n) is 7.28. The molecule has 1 heterocycles. The summed E-state index contributed by atoms with van der Waals surface area (Å²) in [6.07, 6.45) is 1.50. The van der Waals surface area contributed by atoms with Crippen LogP contribution in [0.25, 0.3) is 0 Å². The minimum Gasteiger partial charge on any atom is -0.489 e. The predicted octanol–water partition coefficient (Wildman–Crippen LogP) is 3.57. The lowest BCUT2D eigenvalue weighted by Gasteiger charge is -2.18. The third-order valence-electron chi connectivity index (χ3n) is 4.85. The molecule has 1 aliphatic rings. The monoisotopic (exact) mass is 479 g/mol. The van der Waals surface area contributed by atoms with Crippen molar-refractivity contribution in [2.24, 2.45) is 5.10 Å². The van der Waals surface area contributed by atoms with Crippen LogP contribution < -0.4 is 25.0 Å². The summed E-state index contributed by atoms with van der Waals surface area (Å²) in [6, 6.07) is 19.6. The fourth-order valence-electron chi connectivity index (χ4n) is 3.09. The molecule has 0 aliphatic carbocycles. The third kappa shape index (κ3) is 6.26. The van der Waals surface area contributed by atoms with Gasteiger partial charge in [-0.25, -0.2) is 5.43 Å². The Bertz CT molecular complexity index is 1200. The average molecular weight is 480 g/mol. The summed E-state index contributed by atoms with van der Waals surface area (Å²) in [5.41, 5.74) is 4.42. The molecule has 0 unspecified atom stereocenters. The highest BCUT2D eigenvalue weighted by Gasteiger charge is 2.15. The second kappa shape index (κ2) is 11.2. The molecule has 34 heavy (non-hydrogen) atoms. The normalized spacial score (nSPS) is 12.3. The average Bonchev–Trinajstić information content (AvgIpc) is 2.87. The zero-order valence-electron chi connectivity index (χ0n) is 18.1. The summed E-state index contributed by atoms with van der Waals surface area (Å²) in [5, 5.41) is 7.12. The molecule has 0 aromatic heterocycles. The molecular formula is C25H22ClN3O5. The zero-order valence-corrected chi connectivity index (χ0v) is 18.9. The lowest BCUT2D eigenvalue weighted by Crippen LogP contribution is -2.35. The van der Waals surface area contributed by atoms with E-state index < -0.39 is 11.8 Å². The number of carbonyl (C=O) groups excluding carboxylic acids is 2. The molecule has 2 N–H and O–H groups in total. The zero-order chi connectivity index (χ0) is 23.8. The van der Waals surface area contributed by atoms with E-state index in [-0.39, 0.29) is 6.54 Å². The molecule has 0 fully saturated rings. The smallest absolute Gasteiger partial charge is 0.259 e. The van der Waals surface area contributed by atoms with Crippen LogP contribution in [-0.4, -0.2) is 37.8 Å². The number of amides is 2. The Balaban J connectivity index is 1.20. The van der Waals surface area contributed by atoms with Crippen molar-refractivity contribution < 1.29 is 23.8 Å². The Morgan fingerprint density at radius 2 is 1.76 bits per heavy atom. The van der Waals surface area contributed by atoms with E-state index >= 15 is 0 Å². The number of nitrogens with one attached hydrogen (secondary N) is 2. The number of hydrogen-bond donors (Lipinski definition) is 2. The van der Waals surface area contributed by atoms with Crippen LogP contribution in [0.15, 0.2) is 71.8 Å². The van der Waals surface area contributed by atoms with Crippen LogP contribution in [0.3, 0.4) is 0 Å². The summed E-state index contributed by atoms with van der Waals surface area (Å²) in [6.45, 7) is 1.04. The highest BCUT2D eigenvalue weighted by molar-refractivity contribution is 6.31. The van der Waals surface area contributed by atoms with Crippen molar-refractivity contribution in [2.75, 3.05) is 19.8 Å². The quantitative estimate of drug-likeness (QED) is 0.380. The molecule has 3 aromatic rings. The number of rotatable bonds is 8. The molecule has 0 saturated heterocycles. The van der Waals surface area contributed by atoms with Gasteiger partial charge < -0.3 is 19.5 Å². The van der Waals surface area contributed by atoms with Crippen LogP contribution in [0.5, 0.6) is 17.2 Å². The SMILES string of the molecule is O=C(CNC(=O)c1ccc2c(c1)OCCO2)NN=Cc1ccc(OCc2ccccc2Cl)cc1. The van der Waals surface area contributed by atoms with Crippen LogP contribution in [0, 0.1) is 0 Å². The van der Waals surface area contributed by atoms with Gasteiger partial charge in [0.25, 0.3) is 11.8 Å². The first kappa shape index (κ1) is 23.1. The van der Waals surface area contributed by atoms with Gasteiger partial charge in [-0.05, 0) is 54.1 Å². The van der Waals surface area contributed by atoms with Gasteiger partial charge >= 0.3 is 0 Å². The van der Waals surface area contributed by atoms with Crippen LogP contribution >= 0.6 is 11.6 Å². The number of ether oxygens (including phenoxy) is 3. The predicted molar refractivity (Wildman–Crippen MR) is 128 cm³/mol. The Kier molecular flexibility index (Phi) is 7.62. The van der Waals surface area contributed by atoms with Crippen LogP contribution in [0.2, 0.25) is 5.02 Å². The van der Waals surface area contributed by atoms with Crippen LogP contribution in [0.4, 0.5) is 0 Å². The Morgan fingerprint density at radius 1 is 1.00 bits per heavy atom. The first-order valence-electron chi connectivity index (χ1n) is 10.5. The molecular weight excluding hydrogens is 458 g/mol. The van der Waals surface area contributed by atoms with E-state index in [4.69, 9.17) is 25.8 Å². The van der Waals surface area contributed by atoms with Crippen molar-refractivity contribution >= 4 is 29.6 Å². The molecule has 1 aliphatic heterocycles. The molecule has 0 saturated carbocycles. The molecule has 174 valence electrons. The maximum absolute atomic E-state index is 12.3. The number of halogens is 1. The van der Waals surface area contributed by atoms with Crippen LogP contribution in [-0.2, 0) is 11.4 Å². The van der Waals surface area contributed by atoms with E-state index in [2.05, 4.69) is 15.8 Å². The third-order valence-corrected chi connectivity index (χ3v) is 5.22. The topological polar surface area (TPSA) is 98.3 Å². The summed E-state index contributed by atoms with van der Waals surface area (Å²) in [5.74, 6) is 0.927. The van der Waals surface area contributed by atoms with E-state index in [1.54, 1.807) is 42.5 Å². The van der Waals surface area contributed by atoms with E-state index in [0.717, 1.165) is 11.1 Å². The molecule has 8 nitrogen and oxygen atoms in total. The minimum absolute atomic E-state index is 0.223. The van der Waals surface area contributed by atoms with E-state index in [1.807, 2.05) is 24.3 Å². The van der Waals surface area contributed by atoms with Crippen LogP contribution in [0.1, 0.15) is 21.5 Å². The van der Waals surface area contributed by atoms with E-state index in [1.165, 1.54) is 6.21 Å². The molecule has 0 spiro atoms. The summed E-state index contributed by atoms with van der Waals surface area (Å²) in [7, 11) is 0. The Labute approximate surface area is 201 Å². The molecule has 4 rings (SSSR count). The van der Waals surface area contributed by atoms with Gasteiger partial charge in [-0.15, -0.1) is 0 Å². The van der Waals surface area contributed by atoms with Gasteiger partial charge in [0, 0.05) is 16.1 Å². The Hall–Kier alpha value is -4.04. The molecule has 2 amide bonds. The molecule has 0 atom stereocenters. The standard InChI is InChI=1S/C25H22ClN3O5/c26-21-4-2-1-3-19(21)16-34-20-8-5-17(6-9-20)14-28-29-24(30)15-27-25(31)18-7-10-22-23(13-18)33-12-11-32-22/h1-10,13-14H,11-12,15-16H2,(H,27,31)(H,29,30). The lowest BCUT2D eigenvalue weighted by molar-refractivity contribution is -0.120. The summed E-state index contributed by atoms with van der Waals surface area (Å²) >= 11 is 6.13. The number of benzene rings is 3. The number of carbonyl (C=O) groups is 2. The highest BCUT2D eigenvalue weighted by Crippen LogP contribution is 2.30. The number of hydrazone groups is 1. The molecule has 3 aromatic carbocycles. The van der Waals surface area contributed by atoms with E-state index in [0.29, 0.717) is 47.7 Å². The highest BCUT2D eigenvalue weighted by atomic mass is 35.5. The van der Waals surface area contributed by atoms with Crippen molar-refractivity contribution in [3.8, 4) is 17.2 Å². The van der Waals surface area contributed by atoms with Gasteiger partial charge in [0.2, 0.25) is 0 Å². The van der Waals surface area contributed by atoms with Crippen molar-refractivity contribution in [1.82, 2.24) is 10.7 Å². The van der Waals surface area contributed by atoms with Gasteiger partial charge in [-0.2, -0.15) is 5.10 Å². The maximum atomic E-state index is 12.3. The first-order chi connectivity index (χ1) is 16.6. The van der Waals surface area contributed by atoms with Gasteiger partial charge in [0.15, 0.2) is 11.5 Å². The summed E-state index contributed by atoms with van der Waals surface area (Å²) < 4.78 is 16.6. The van der Waals surface area contributed by atoms with E-state index in [9.17, 15) is 9.59 Å². The fourth-order valence-corrected chi connectivity index (χ4v) is 3.28. The van der Waals surface area contributed by atoms with Crippen molar-refractivity contribution in [1.29, 1.82) is 0 Å². The fraction of sp³-hybridized carbons (Fsp3) is 0.160. The van der Waals surface area contributed by atoms with Gasteiger partial charge in [-0.1, -0.05) is 29.8 Å². The number of fused-ring (bicyclic) bond motifs is 1. The summed E-state index contributed by atoms with van der Waals surface area (Å²) in [4.78, 5) is 24.3. The van der Waals surface area contributed by atoms with Crippen molar-refractivity contribution in [2.45, 2.75) is 6.61 Å². The largest absolute Gasteiger partial charge is 0.489 e. The maximum Gasteiger partial charge on any atom is 0.259 e. The lowest BCUT2D eigenvalue weighted by atomic mass is 10.2. The first-order valence-corrected chi connectivity index (χ1v) is 10.9. The van der Waals surface area contributed by atoms with Crippen molar-refractivity contribution in [3.63, 3.8) is 0 Å². The molecule has 9 heteroatoms. The molecule has 0 bridgehead atoms. The Morgan fingerprint density at radius 3 is 2.56 bits per heavy atom. The number of hydrogen-bond acceptors (Lipinski definition) is 6. The minimum atomic E-state index is -0.457. The number of nitrogens with zero attached hydrogens (tertiary/aromatic N) is 1. The van der Waals surface area contributed by atoms with Gasteiger partial charge in [0.1, 0.15) is 25.6 Å². The second-order valence-corrected chi connectivity index (χ2v) is 7.69. The van der Waals surface area contributed by atoms with Crippen molar-refractivity contribution in [3.05, 3.63) is 88.4 Å². The van der Waals surface area contributed by atoms with Gasteiger partial charge in [0.05, 0.1) is 12.8 Å². The van der Waals surface area contributed by atoms with Gasteiger partial charge in [-0.3, -0.25) is 9.59 Å². The molecule has 0 radical (unpaired) electrons.